The third-order valence-electron chi connectivity index (χ3n) is 7.32. The van der Waals surface area contributed by atoms with Crippen molar-refractivity contribution in [1.82, 2.24) is 9.55 Å². The first-order valence-corrected chi connectivity index (χ1v) is 13.0. The number of aromatic nitrogens is 2. The highest BCUT2D eigenvalue weighted by Gasteiger charge is 2.38. The molecule has 0 fully saturated rings. The van der Waals surface area contributed by atoms with Gasteiger partial charge >= 0.3 is 0 Å². The van der Waals surface area contributed by atoms with Gasteiger partial charge in [0.05, 0.1) is 11.0 Å². The van der Waals surface area contributed by atoms with Gasteiger partial charge in [-0.15, -0.1) is 0 Å². The Morgan fingerprint density at radius 1 is 0.639 bits per heavy atom. The summed E-state index contributed by atoms with van der Waals surface area (Å²) in [6, 6.07) is 41.4. The first-order chi connectivity index (χ1) is 17.9. The van der Waals surface area contributed by atoms with Crippen molar-refractivity contribution in [2.45, 2.75) is 9.79 Å². The summed E-state index contributed by atoms with van der Waals surface area (Å²) in [5.74, 6) is 0. The summed E-state index contributed by atoms with van der Waals surface area (Å²) in [6.07, 6.45) is 1.97. The predicted octanol–water partition coefficient (Wildman–Crippen LogP) is 5.79. The standard InChI is InChI=1S/C31H20BN3S/c1-3-9-21(10-4-1)35(22-11-5-2-6-12-22)23-17-18-24-29(19-23)36-28-16-8-15-27-30(28)32(24)25-13-7-14-26-31(25)34(27)20-33-26/h1-20H. The Morgan fingerprint density at radius 2 is 1.39 bits per heavy atom. The molecule has 0 radical (unpaired) electrons. The number of benzene rings is 5. The van der Waals surface area contributed by atoms with E-state index in [1.165, 1.54) is 37.4 Å². The van der Waals surface area contributed by atoms with E-state index in [1.807, 2.05) is 18.1 Å². The van der Waals surface area contributed by atoms with Crippen LogP contribution in [0.5, 0.6) is 0 Å². The van der Waals surface area contributed by atoms with Crippen LogP contribution in [-0.4, -0.2) is 16.3 Å². The molecule has 5 aromatic carbocycles. The van der Waals surface area contributed by atoms with E-state index in [0.717, 1.165) is 22.6 Å². The van der Waals surface area contributed by atoms with Crippen LogP contribution in [0.3, 0.4) is 0 Å². The lowest BCUT2D eigenvalue weighted by atomic mass is 9.35. The second kappa shape index (κ2) is 7.64. The first kappa shape index (κ1) is 20.0. The largest absolute Gasteiger partial charge is 0.310 e. The molecule has 2 aliphatic rings. The van der Waals surface area contributed by atoms with Crippen LogP contribution in [0.1, 0.15) is 0 Å². The van der Waals surface area contributed by atoms with Crippen molar-refractivity contribution in [1.29, 1.82) is 0 Å². The lowest BCUT2D eigenvalue weighted by Crippen LogP contribution is -2.58. The van der Waals surface area contributed by atoms with Gasteiger partial charge in [0.15, 0.2) is 0 Å². The predicted molar refractivity (Wildman–Crippen MR) is 151 cm³/mol. The van der Waals surface area contributed by atoms with E-state index in [-0.39, 0.29) is 6.71 Å². The van der Waals surface area contributed by atoms with Crippen molar-refractivity contribution >= 4 is 63.0 Å². The molecule has 0 amide bonds. The van der Waals surface area contributed by atoms with Crippen molar-refractivity contribution < 1.29 is 0 Å². The van der Waals surface area contributed by atoms with E-state index >= 15 is 0 Å². The van der Waals surface area contributed by atoms with Gasteiger partial charge in [0.2, 0.25) is 6.71 Å². The van der Waals surface area contributed by atoms with Gasteiger partial charge in [-0.05, 0) is 65.5 Å². The van der Waals surface area contributed by atoms with E-state index in [1.54, 1.807) is 0 Å². The summed E-state index contributed by atoms with van der Waals surface area (Å²) in [5.41, 5.74) is 11.1. The maximum Gasteiger partial charge on any atom is 0.249 e. The van der Waals surface area contributed by atoms with Gasteiger partial charge in [-0.2, -0.15) is 0 Å². The molecule has 5 heteroatoms. The van der Waals surface area contributed by atoms with Gasteiger partial charge in [0, 0.05) is 32.5 Å². The Labute approximate surface area is 214 Å². The first-order valence-electron chi connectivity index (χ1n) is 12.2. The third kappa shape index (κ3) is 2.81. The maximum atomic E-state index is 4.72. The lowest BCUT2D eigenvalue weighted by molar-refractivity contribution is 1.09. The van der Waals surface area contributed by atoms with Crippen LogP contribution >= 0.6 is 11.8 Å². The highest BCUT2D eigenvalue weighted by molar-refractivity contribution is 8.00. The minimum Gasteiger partial charge on any atom is -0.310 e. The number of hydrogen-bond acceptors (Lipinski definition) is 3. The molecule has 0 aliphatic carbocycles. The minimum atomic E-state index is 0.205. The van der Waals surface area contributed by atoms with E-state index < -0.39 is 0 Å². The Morgan fingerprint density at radius 3 is 2.17 bits per heavy atom. The molecule has 1 aromatic heterocycles. The summed E-state index contributed by atoms with van der Waals surface area (Å²) in [6.45, 7) is 0.205. The topological polar surface area (TPSA) is 21.1 Å². The van der Waals surface area contributed by atoms with Gasteiger partial charge in [0.1, 0.15) is 6.33 Å². The molecule has 36 heavy (non-hydrogen) atoms. The zero-order valence-electron chi connectivity index (χ0n) is 19.4. The van der Waals surface area contributed by atoms with Crippen molar-refractivity contribution in [3.05, 3.63) is 122 Å². The number of fused-ring (bicyclic) bond motifs is 4. The fourth-order valence-corrected chi connectivity index (χ4v) is 7.02. The molecule has 0 bridgehead atoms. The zero-order valence-corrected chi connectivity index (χ0v) is 20.2. The van der Waals surface area contributed by atoms with Crippen LogP contribution in [0.25, 0.3) is 16.7 Å². The molecule has 0 atom stereocenters. The Bertz CT molecular complexity index is 1740. The van der Waals surface area contributed by atoms with E-state index in [9.17, 15) is 0 Å². The molecule has 168 valence electrons. The van der Waals surface area contributed by atoms with Crippen molar-refractivity contribution in [2.24, 2.45) is 0 Å². The van der Waals surface area contributed by atoms with Crippen molar-refractivity contribution in [3.8, 4) is 5.69 Å². The average Bonchev–Trinajstić information content (AvgIpc) is 3.37. The fourth-order valence-electron chi connectivity index (χ4n) is 5.82. The number of imidazole rings is 1. The Hall–Kier alpha value is -4.22. The van der Waals surface area contributed by atoms with Crippen LogP contribution in [0.15, 0.2) is 131 Å². The van der Waals surface area contributed by atoms with Gasteiger partial charge in [-0.25, -0.2) is 4.98 Å². The molecule has 3 nitrogen and oxygen atoms in total. The molecule has 8 rings (SSSR count). The smallest absolute Gasteiger partial charge is 0.249 e. The lowest BCUT2D eigenvalue weighted by Gasteiger charge is -2.33. The normalized spacial score (nSPS) is 12.8. The molecule has 0 saturated carbocycles. The van der Waals surface area contributed by atoms with Gasteiger partial charge in [0.25, 0.3) is 0 Å². The number of rotatable bonds is 3. The summed E-state index contributed by atoms with van der Waals surface area (Å²) in [5, 5.41) is 0. The molecule has 2 aliphatic heterocycles. The molecule has 0 saturated heterocycles. The molecule has 0 unspecified atom stereocenters. The molecule has 6 aromatic rings. The van der Waals surface area contributed by atoms with Crippen LogP contribution in [0.4, 0.5) is 17.1 Å². The molecule has 0 N–H and O–H groups in total. The van der Waals surface area contributed by atoms with Crippen molar-refractivity contribution in [2.75, 3.05) is 4.90 Å². The number of anilines is 3. The van der Waals surface area contributed by atoms with Gasteiger partial charge < -0.3 is 4.90 Å². The summed E-state index contributed by atoms with van der Waals surface area (Å²) in [4.78, 5) is 9.69. The Kier molecular flexibility index (Phi) is 4.25. The highest BCUT2D eigenvalue weighted by Crippen LogP contribution is 2.39. The highest BCUT2D eigenvalue weighted by atomic mass is 32.2. The molecule has 0 spiro atoms. The van der Waals surface area contributed by atoms with Crippen LogP contribution in [0, 0.1) is 0 Å². The summed E-state index contributed by atoms with van der Waals surface area (Å²) < 4.78 is 2.27. The second-order valence-electron chi connectivity index (χ2n) is 9.28. The van der Waals surface area contributed by atoms with Gasteiger partial charge in [-0.1, -0.05) is 77.9 Å². The van der Waals surface area contributed by atoms with E-state index in [2.05, 4.69) is 125 Å². The minimum absolute atomic E-state index is 0.205. The molecule has 3 heterocycles. The molecular formula is C31H20BN3S. The zero-order chi connectivity index (χ0) is 23.6. The Balaban J connectivity index is 1.35. The van der Waals surface area contributed by atoms with E-state index in [0.29, 0.717) is 0 Å². The average molecular weight is 477 g/mol. The monoisotopic (exact) mass is 477 g/mol. The third-order valence-corrected chi connectivity index (χ3v) is 8.47. The quantitative estimate of drug-likeness (QED) is 0.301. The number of para-hydroxylation sites is 3. The fraction of sp³-hybridized carbons (Fsp3) is 0. The van der Waals surface area contributed by atoms with Crippen molar-refractivity contribution in [3.63, 3.8) is 0 Å². The second-order valence-corrected chi connectivity index (χ2v) is 10.4. The van der Waals surface area contributed by atoms with Crippen LogP contribution in [0.2, 0.25) is 0 Å². The summed E-state index contributed by atoms with van der Waals surface area (Å²) >= 11 is 1.88. The number of nitrogens with zero attached hydrogens (tertiary/aromatic N) is 3. The van der Waals surface area contributed by atoms with Gasteiger partial charge in [-0.3, -0.25) is 4.57 Å². The summed E-state index contributed by atoms with van der Waals surface area (Å²) in [7, 11) is 0. The molecular weight excluding hydrogens is 457 g/mol. The van der Waals surface area contributed by atoms with Crippen LogP contribution in [-0.2, 0) is 0 Å². The van der Waals surface area contributed by atoms with Crippen LogP contribution < -0.4 is 21.3 Å². The number of hydrogen-bond donors (Lipinski definition) is 0. The SMILES string of the molecule is c1ccc(N(c2ccccc2)c2ccc3c(c2)Sc2cccc4c2B3c2cccc3ncn-4c23)cc1. The van der Waals surface area contributed by atoms with E-state index in [4.69, 9.17) is 4.98 Å². The maximum absolute atomic E-state index is 4.72.